The average Bonchev–Trinajstić information content (AvgIpc) is 3.41. The summed E-state index contributed by atoms with van der Waals surface area (Å²) < 4.78 is 38.7. The van der Waals surface area contributed by atoms with Crippen LogP contribution in [-0.4, -0.2) is 26.1 Å². The minimum Gasteiger partial charge on any atom is -0.454 e. The molecule has 0 saturated carbocycles. The topological polar surface area (TPSA) is 107 Å². The third kappa shape index (κ3) is 4.93. The summed E-state index contributed by atoms with van der Waals surface area (Å²) in [7, 11) is -3.83. The van der Waals surface area contributed by atoms with Crippen LogP contribution < -0.4 is 19.5 Å². The van der Waals surface area contributed by atoms with Gasteiger partial charge in [0.25, 0.3) is 5.91 Å². The number of nitrogens with zero attached hydrogens (tertiary/aromatic N) is 1. The molecule has 4 rings (SSSR count). The van der Waals surface area contributed by atoms with E-state index in [0.29, 0.717) is 16.6 Å². The van der Waals surface area contributed by atoms with Crippen molar-refractivity contribution in [3.8, 4) is 11.5 Å². The Morgan fingerprint density at radius 3 is 2.66 bits per heavy atom. The summed E-state index contributed by atoms with van der Waals surface area (Å²) in [5.74, 6) is 0.787. The Labute approximate surface area is 190 Å². The normalized spacial score (nSPS) is 13.2. The zero-order valence-electron chi connectivity index (χ0n) is 17.8. The highest BCUT2D eigenvalue weighted by atomic mass is 32.2. The Morgan fingerprint density at radius 1 is 1.12 bits per heavy atom. The van der Waals surface area contributed by atoms with Gasteiger partial charge in [0.15, 0.2) is 16.6 Å². The number of thiazole rings is 1. The third-order valence-corrected chi connectivity index (χ3v) is 6.96. The van der Waals surface area contributed by atoms with Crippen molar-refractivity contribution in [1.82, 2.24) is 9.71 Å². The van der Waals surface area contributed by atoms with Gasteiger partial charge in [-0.05, 0) is 35.9 Å². The number of hydrogen-bond donors (Lipinski definition) is 2. The lowest BCUT2D eigenvalue weighted by molar-refractivity contribution is 0.102. The molecule has 0 fully saturated rings. The van der Waals surface area contributed by atoms with Gasteiger partial charge in [-0.25, -0.2) is 18.1 Å². The van der Waals surface area contributed by atoms with E-state index in [1.54, 1.807) is 24.3 Å². The first-order valence-corrected chi connectivity index (χ1v) is 12.2. The summed E-state index contributed by atoms with van der Waals surface area (Å²) in [6.07, 6.45) is 0. The van der Waals surface area contributed by atoms with E-state index in [1.807, 2.05) is 26.2 Å². The molecule has 2 aromatic carbocycles. The van der Waals surface area contributed by atoms with Crippen LogP contribution in [0.3, 0.4) is 0 Å². The Hall–Kier alpha value is -2.95. The highest BCUT2D eigenvalue weighted by Gasteiger charge is 2.20. The maximum Gasteiger partial charge on any atom is 0.257 e. The summed E-state index contributed by atoms with van der Waals surface area (Å²) in [5, 5.41) is 5.10. The van der Waals surface area contributed by atoms with E-state index in [2.05, 4.69) is 15.0 Å². The van der Waals surface area contributed by atoms with E-state index in [4.69, 9.17) is 9.47 Å². The molecule has 0 spiro atoms. The second kappa shape index (κ2) is 8.53. The molecule has 0 bridgehead atoms. The van der Waals surface area contributed by atoms with Gasteiger partial charge in [-0.3, -0.25) is 10.1 Å². The molecule has 2 N–H and O–H groups in total. The first kappa shape index (κ1) is 22.3. The van der Waals surface area contributed by atoms with Gasteiger partial charge in [0, 0.05) is 22.9 Å². The van der Waals surface area contributed by atoms with Crippen molar-refractivity contribution in [2.24, 2.45) is 0 Å². The summed E-state index contributed by atoms with van der Waals surface area (Å²) in [6.45, 7) is 6.34. The zero-order valence-corrected chi connectivity index (χ0v) is 19.5. The number of anilines is 1. The molecular weight excluding hydrogens is 450 g/mol. The van der Waals surface area contributed by atoms with E-state index in [9.17, 15) is 13.2 Å². The number of aromatic nitrogens is 1. The van der Waals surface area contributed by atoms with Gasteiger partial charge in [0.05, 0.1) is 10.6 Å². The fraction of sp³-hybridized carbons (Fsp3) is 0.273. The van der Waals surface area contributed by atoms with Gasteiger partial charge < -0.3 is 9.47 Å². The van der Waals surface area contributed by atoms with Crippen LogP contribution in [0.5, 0.6) is 11.5 Å². The molecule has 32 heavy (non-hydrogen) atoms. The molecule has 0 aliphatic carbocycles. The molecular formula is C22H23N3O5S2. The lowest BCUT2D eigenvalue weighted by Gasteiger charge is -2.14. The van der Waals surface area contributed by atoms with Crippen molar-refractivity contribution < 1.29 is 22.7 Å². The molecule has 0 unspecified atom stereocenters. The van der Waals surface area contributed by atoms with Crippen LogP contribution in [0.1, 0.15) is 42.4 Å². The SMILES string of the molecule is CC(C)(C)c1csc(NC(=O)c2cccc(S(=O)(=O)NCc3ccc4c(c3)OCO4)c2)n1. The fourth-order valence-electron chi connectivity index (χ4n) is 2.96. The number of ether oxygens (including phenoxy) is 2. The molecule has 1 amide bonds. The molecule has 3 aromatic rings. The van der Waals surface area contributed by atoms with E-state index in [-0.39, 0.29) is 29.2 Å². The van der Waals surface area contributed by atoms with Crippen molar-refractivity contribution in [2.75, 3.05) is 12.1 Å². The largest absolute Gasteiger partial charge is 0.454 e. The second-order valence-electron chi connectivity index (χ2n) is 8.28. The molecule has 0 atom stereocenters. The number of carbonyl (C=O) groups is 1. The minimum absolute atomic E-state index is 0.000382. The Kier molecular flexibility index (Phi) is 5.93. The monoisotopic (exact) mass is 473 g/mol. The van der Waals surface area contributed by atoms with E-state index < -0.39 is 15.9 Å². The standard InChI is InChI=1S/C22H23N3O5S2/c1-22(2,3)19-12-31-21(24-19)25-20(26)15-5-4-6-16(10-15)32(27,28)23-11-14-7-8-17-18(9-14)30-13-29-17/h4-10,12,23H,11,13H2,1-3H3,(H,24,25,26). The number of carbonyl (C=O) groups excluding carboxylic acids is 1. The minimum atomic E-state index is -3.83. The van der Waals surface area contributed by atoms with Crippen LogP contribution >= 0.6 is 11.3 Å². The average molecular weight is 474 g/mol. The molecule has 2 heterocycles. The van der Waals surface area contributed by atoms with Gasteiger partial charge in [0.2, 0.25) is 16.8 Å². The lowest BCUT2D eigenvalue weighted by Crippen LogP contribution is -2.23. The molecule has 1 aromatic heterocycles. The smallest absolute Gasteiger partial charge is 0.257 e. The van der Waals surface area contributed by atoms with Crippen LogP contribution in [0.2, 0.25) is 0 Å². The number of rotatable bonds is 6. The molecule has 168 valence electrons. The molecule has 8 nitrogen and oxygen atoms in total. The highest BCUT2D eigenvalue weighted by molar-refractivity contribution is 7.89. The number of fused-ring (bicyclic) bond motifs is 1. The predicted octanol–water partition coefficient (Wildman–Crippen LogP) is 3.90. The highest BCUT2D eigenvalue weighted by Crippen LogP contribution is 2.32. The Bertz CT molecular complexity index is 1260. The number of nitrogens with one attached hydrogen (secondary N) is 2. The molecule has 1 aliphatic heterocycles. The first-order chi connectivity index (χ1) is 15.1. The number of sulfonamides is 1. The van der Waals surface area contributed by atoms with Crippen molar-refractivity contribution in [2.45, 2.75) is 37.6 Å². The second-order valence-corrected chi connectivity index (χ2v) is 10.9. The van der Waals surface area contributed by atoms with E-state index in [0.717, 1.165) is 11.3 Å². The zero-order chi connectivity index (χ0) is 22.9. The van der Waals surface area contributed by atoms with Crippen LogP contribution in [0.4, 0.5) is 5.13 Å². The van der Waals surface area contributed by atoms with E-state index in [1.165, 1.54) is 29.5 Å². The molecule has 0 radical (unpaired) electrons. The number of hydrogen-bond acceptors (Lipinski definition) is 7. The molecule has 10 heteroatoms. The third-order valence-electron chi connectivity index (χ3n) is 4.80. The van der Waals surface area contributed by atoms with Gasteiger partial charge in [0.1, 0.15) is 0 Å². The lowest BCUT2D eigenvalue weighted by atomic mass is 9.93. The summed E-state index contributed by atoms with van der Waals surface area (Å²) in [5.41, 5.74) is 1.70. The predicted molar refractivity (Wildman–Crippen MR) is 122 cm³/mol. The summed E-state index contributed by atoms with van der Waals surface area (Å²) in [4.78, 5) is 17.1. The van der Waals surface area contributed by atoms with E-state index >= 15 is 0 Å². The Morgan fingerprint density at radius 2 is 1.91 bits per heavy atom. The van der Waals surface area contributed by atoms with Gasteiger partial charge in [-0.1, -0.05) is 32.9 Å². The molecule has 1 aliphatic rings. The van der Waals surface area contributed by atoms with Crippen LogP contribution in [0.25, 0.3) is 0 Å². The van der Waals surface area contributed by atoms with Crippen LogP contribution in [0.15, 0.2) is 52.7 Å². The van der Waals surface area contributed by atoms with Crippen LogP contribution in [-0.2, 0) is 22.0 Å². The summed E-state index contributed by atoms with van der Waals surface area (Å²) in [6, 6.07) is 11.1. The molecule has 0 saturated heterocycles. The number of benzene rings is 2. The first-order valence-electron chi connectivity index (χ1n) is 9.87. The van der Waals surface area contributed by atoms with Crippen LogP contribution in [0, 0.1) is 0 Å². The van der Waals surface area contributed by atoms with Gasteiger partial charge in [-0.2, -0.15) is 0 Å². The van der Waals surface area contributed by atoms with Gasteiger partial charge >= 0.3 is 0 Å². The fourth-order valence-corrected chi connectivity index (χ4v) is 4.96. The van der Waals surface area contributed by atoms with Crippen molar-refractivity contribution in [1.29, 1.82) is 0 Å². The van der Waals surface area contributed by atoms with Crippen molar-refractivity contribution in [3.63, 3.8) is 0 Å². The van der Waals surface area contributed by atoms with Gasteiger partial charge in [-0.15, -0.1) is 11.3 Å². The Balaban J connectivity index is 1.45. The number of amides is 1. The van der Waals surface area contributed by atoms with Crippen molar-refractivity contribution in [3.05, 3.63) is 64.7 Å². The maximum atomic E-state index is 12.8. The quantitative estimate of drug-likeness (QED) is 0.562. The maximum absolute atomic E-state index is 12.8. The summed E-state index contributed by atoms with van der Waals surface area (Å²) >= 11 is 1.33. The van der Waals surface area contributed by atoms with Crippen molar-refractivity contribution >= 4 is 32.4 Å².